The molecule has 5 rings (SSSR count). The highest BCUT2D eigenvalue weighted by molar-refractivity contribution is 5.62. The van der Waals surface area contributed by atoms with E-state index >= 15 is 0 Å². The molecule has 24 heavy (non-hydrogen) atoms. The van der Waals surface area contributed by atoms with Crippen LogP contribution in [0, 0.1) is 0 Å². The van der Waals surface area contributed by atoms with Gasteiger partial charge >= 0.3 is 0 Å². The second-order valence-corrected chi connectivity index (χ2v) is 7.84. The summed E-state index contributed by atoms with van der Waals surface area (Å²) in [6.07, 6.45) is 4.66. The monoisotopic (exact) mass is 328 g/mol. The van der Waals surface area contributed by atoms with Crippen molar-refractivity contribution >= 4 is 0 Å². The van der Waals surface area contributed by atoms with Crippen LogP contribution in [0.5, 0.6) is 11.5 Å². The van der Waals surface area contributed by atoms with Crippen molar-refractivity contribution in [1.29, 1.82) is 0 Å². The maximum atomic E-state index is 11.9. The zero-order chi connectivity index (χ0) is 16.7. The summed E-state index contributed by atoms with van der Waals surface area (Å²) in [4.78, 5) is 2.35. The number of rotatable bonds is 2. The fourth-order valence-corrected chi connectivity index (χ4v) is 6.05. The zero-order valence-corrected chi connectivity index (χ0v) is 13.7. The normalized spacial score (nSPS) is 42.3. The molecule has 4 N–H and O–H groups in total. The molecule has 1 saturated heterocycles. The molecule has 1 aromatic carbocycles. The van der Waals surface area contributed by atoms with Gasteiger partial charge in [-0.2, -0.15) is 0 Å². The molecule has 0 amide bonds. The first-order valence-electron chi connectivity index (χ1n) is 8.88. The minimum Gasteiger partial charge on any atom is -0.504 e. The van der Waals surface area contributed by atoms with Crippen LogP contribution in [0.15, 0.2) is 24.8 Å². The average molecular weight is 328 g/mol. The Morgan fingerprint density at radius 2 is 2.25 bits per heavy atom. The minimum atomic E-state index is -0.860. The largest absolute Gasteiger partial charge is 0.504 e. The van der Waals surface area contributed by atoms with Crippen LogP contribution in [-0.2, 0) is 11.8 Å². The average Bonchev–Trinajstić information content (AvgIpc) is 2.91. The summed E-state index contributed by atoms with van der Waals surface area (Å²) in [5.41, 5.74) is 7.28. The lowest BCUT2D eigenvalue weighted by Gasteiger charge is -2.63. The molecule has 2 bridgehead atoms. The molecule has 2 aliphatic carbocycles. The SMILES string of the molecule is C=CCN1CC[C@]23c4c5ccc(O)c4OC2[C@H](N)CC[C@@]3(O)C1C5. The van der Waals surface area contributed by atoms with Gasteiger partial charge in [0.25, 0.3) is 0 Å². The second kappa shape index (κ2) is 4.54. The molecule has 0 aromatic heterocycles. The lowest BCUT2D eigenvalue weighted by Crippen LogP contribution is -2.77. The number of aromatic hydroxyl groups is 1. The minimum absolute atomic E-state index is 0.0471. The van der Waals surface area contributed by atoms with E-state index < -0.39 is 11.0 Å². The van der Waals surface area contributed by atoms with Crippen LogP contribution in [0.1, 0.15) is 30.4 Å². The van der Waals surface area contributed by atoms with Gasteiger partial charge in [-0.1, -0.05) is 12.1 Å². The van der Waals surface area contributed by atoms with Crippen LogP contribution in [0.4, 0.5) is 0 Å². The number of benzene rings is 1. The molecule has 2 heterocycles. The maximum Gasteiger partial charge on any atom is 0.165 e. The van der Waals surface area contributed by atoms with Crippen molar-refractivity contribution in [2.45, 2.75) is 54.9 Å². The number of phenolic OH excluding ortho intramolecular Hbond substituents is 1. The van der Waals surface area contributed by atoms with E-state index in [1.165, 1.54) is 5.56 Å². The Morgan fingerprint density at radius 1 is 1.42 bits per heavy atom. The van der Waals surface area contributed by atoms with Crippen LogP contribution in [0.3, 0.4) is 0 Å². The third-order valence-corrected chi connectivity index (χ3v) is 6.98. The van der Waals surface area contributed by atoms with E-state index in [0.29, 0.717) is 12.2 Å². The number of aliphatic hydroxyl groups is 1. The molecule has 2 aliphatic heterocycles. The van der Waals surface area contributed by atoms with Crippen molar-refractivity contribution in [1.82, 2.24) is 4.90 Å². The molecule has 128 valence electrons. The van der Waals surface area contributed by atoms with Crippen molar-refractivity contribution in [2.75, 3.05) is 13.1 Å². The quantitative estimate of drug-likeness (QED) is 0.708. The Hall–Kier alpha value is -1.56. The van der Waals surface area contributed by atoms with Crippen molar-refractivity contribution in [2.24, 2.45) is 5.73 Å². The molecule has 5 atom stereocenters. The topological polar surface area (TPSA) is 79.0 Å². The van der Waals surface area contributed by atoms with Crippen LogP contribution < -0.4 is 10.5 Å². The number of hydrogen-bond acceptors (Lipinski definition) is 5. The smallest absolute Gasteiger partial charge is 0.165 e. The molecule has 1 aromatic rings. The summed E-state index contributed by atoms with van der Waals surface area (Å²) < 4.78 is 6.21. The van der Waals surface area contributed by atoms with E-state index in [1.54, 1.807) is 6.07 Å². The Morgan fingerprint density at radius 3 is 3.04 bits per heavy atom. The Kier molecular flexibility index (Phi) is 2.79. The first kappa shape index (κ1) is 14.8. The van der Waals surface area contributed by atoms with Gasteiger partial charge in [0.2, 0.25) is 0 Å². The van der Waals surface area contributed by atoms with Gasteiger partial charge in [-0.25, -0.2) is 0 Å². The highest BCUT2D eigenvalue weighted by Crippen LogP contribution is 2.65. The number of nitrogens with two attached hydrogens (primary N) is 1. The zero-order valence-electron chi connectivity index (χ0n) is 13.7. The van der Waals surface area contributed by atoms with Crippen LogP contribution in [0.2, 0.25) is 0 Å². The number of likely N-dealkylation sites (tertiary alicyclic amines) is 1. The summed E-state index contributed by atoms with van der Waals surface area (Å²) in [6, 6.07) is 3.64. The van der Waals surface area contributed by atoms with E-state index in [9.17, 15) is 10.2 Å². The van der Waals surface area contributed by atoms with Gasteiger partial charge in [-0.05, 0) is 43.9 Å². The van der Waals surface area contributed by atoms with E-state index in [-0.39, 0.29) is 23.9 Å². The molecule has 1 saturated carbocycles. The summed E-state index contributed by atoms with van der Waals surface area (Å²) in [5, 5.41) is 22.3. The van der Waals surface area contributed by atoms with Gasteiger partial charge in [0.15, 0.2) is 11.5 Å². The standard InChI is InChI=1S/C19H24N2O3/c1-2-8-21-9-7-18-15-11-3-4-13(22)16(15)24-17(18)12(20)5-6-19(18,23)14(21)10-11/h2-4,12,14,17,22-23H,1,5-10,20H2/t12-,14?,17?,18+,19-/m1/s1. The highest BCUT2D eigenvalue weighted by Gasteiger charge is 2.72. The van der Waals surface area contributed by atoms with Crippen molar-refractivity contribution in [3.63, 3.8) is 0 Å². The predicted molar refractivity (Wildman–Crippen MR) is 90.2 cm³/mol. The van der Waals surface area contributed by atoms with Gasteiger partial charge in [0, 0.05) is 24.2 Å². The van der Waals surface area contributed by atoms with Crippen LogP contribution in [0.25, 0.3) is 0 Å². The molecule has 5 nitrogen and oxygen atoms in total. The van der Waals surface area contributed by atoms with E-state index in [4.69, 9.17) is 10.5 Å². The van der Waals surface area contributed by atoms with Gasteiger partial charge in [0.1, 0.15) is 6.10 Å². The summed E-state index contributed by atoms with van der Waals surface area (Å²) in [5.74, 6) is 0.725. The van der Waals surface area contributed by atoms with Crippen molar-refractivity contribution in [3.8, 4) is 11.5 Å². The number of phenols is 1. The molecule has 4 aliphatic rings. The second-order valence-electron chi connectivity index (χ2n) is 7.84. The van der Waals surface area contributed by atoms with Crippen LogP contribution in [-0.4, -0.2) is 52.0 Å². The van der Waals surface area contributed by atoms with Crippen LogP contribution >= 0.6 is 0 Å². The van der Waals surface area contributed by atoms with Gasteiger partial charge < -0.3 is 20.7 Å². The fraction of sp³-hybridized carbons (Fsp3) is 0.579. The first-order chi connectivity index (χ1) is 11.5. The van der Waals surface area contributed by atoms with Gasteiger partial charge in [-0.15, -0.1) is 6.58 Å². The summed E-state index contributed by atoms with van der Waals surface area (Å²) >= 11 is 0. The number of nitrogens with zero attached hydrogens (tertiary/aromatic N) is 1. The Labute approximate surface area is 141 Å². The molecular weight excluding hydrogens is 304 g/mol. The van der Waals surface area contributed by atoms with E-state index in [1.807, 2.05) is 12.1 Å². The lowest BCUT2D eigenvalue weighted by molar-refractivity contribution is -0.186. The molecule has 2 unspecified atom stereocenters. The Bertz CT molecular complexity index is 736. The maximum absolute atomic E-state index is 11.9. The van der Waals surface area contributed by atoms with Gasteiger partial charge in [0.05, 0.1) is 11.0 Å². The van der Waals surface area contributed by atoms with Gasteiger partial charge in [-0.3, -0.25) is 4.90 Å². The molecule has 1 spiro atoms. The molecule has 2 fully saturated rings. The predicted octanol–water partition coefficient (Wildman–Crippen LogP) is 1.06. The number of piperidine rings is 1. The van der Waals surface area contributed by atoms with Crippen molar-refractivity contribution in [3.05, 3.63) is 35.9 Å². The number of hydrogen-bond donors (Lipinski definition) is 3. The van der Waals surface area contributed by atoms with E-state index in [2.05, 4.69) is 11.5 Å². The first-order valence-corrected chi connectivity index (χ1v) is 8.88. The molecule has 5 heteroatoms. The molecule has 0 radical (unpaired) electrons. The number of ether oxygens (including phenoxy) is 1. The van der Waals surface area contributed by atoms with Crippen molar-refractivity contribution < 1.29 is 14.9 Å². The summed E-state index contributed by atoms with van der Waals surface area (Å²) in [7, 11) is 0. The van der Waals surface area contributed by atoms with E-state index in [0.717, 1.165) is 37.9 Å². The fourth-order valence-electron chi connectivity index (χ4n) is 6.05. The Balaban J connectivity index is 1.78. The lowest BCUT2D eigenvalue weighted by atomic mass is 9.48. The summed E-state index contributed by atoms with van der Waals surface area (Å²) in [6.45, 7) is 5.55. The third kappa shape index (κ3) is 1.43. The third-order valence-electron chi connectivity index (χ3n) is 6.98. The molecular formula is C19H24N2O3. The highest BCUT2D eigenvalue weighted by atomic mass is 16.5.